The molecule has 2 radical (unpaired) electrons. The van der Waals surface area contributed by atoms with E-state index < -0.39 is 0 Å². The summed E-state index contributed by atoms with van der Waals surface area (Å²) in [7, 11) is 3.41. The third-order valence-electron chi connectivity index (χ3n) is 4.28. The minimum absolute atomic E-state index is 0.667. The fourth-order valence-corrected chi connectivity index (χ4v) is 3.96. The molecule has 3 heteroatoms. The number of aryl methyl sites for hydroxylation is 1. The van der Waals surface area contributed by atoms with E-state index in [1.807, 2.05) is 18.2 Å². The van der Waals surface area contributed by atoms with Crippen LogP contribution in [0, 0.1) is 0 Å². The van der Waals surface area contributed by atoms with Crippen molar-refractivity contribution < 1.29 is 9.47 Å². The molecule has 0 N–H and O–H groups in total. The number of benzene rings is 2. The van der Waals surface area contributed by atoms with E-state index in [2.05, 4.69) is 35.1 Å². The monoisotopic (exact) mass is 342 g/mol. The van der Waals surface area contributed by atoms with Crippen LogP contribution in [0.25, 0.3) is 11.1 Å². The maximum absolute atomic E-state index is 5.53. The molecule has 2 aromatic rings. The van der Waals surface area contributed by atoms with Crippen LogP contribution in [0.4, 0.5) is 0 Å². The van der Waals surface area contributed by atoms with Crippen LogP contribution in [0.3, 0.4) is 0 Å². The van der Waals surface area contributed by atoms with Gasteiger partial charge in [0.25, 0.3) is 0 Å². The van der Waals surface area contributed by atoms with Gasteiger partial charge in [0.2, 0.25) is 0 Å². The van der Waals surface area contributed by atoms with Gasteiger partial charge in [0, 0.05) is 0 Å². The molecule has 0 heterocycles. The fraction of sp³-hybridized carbons (Fsp3) is 0.333. The van der Waals surface area contributed by atoms with E-state index in [-0.39, 0.29) is 0 Å². The molecule has 2 nitrogen and oxygen atoms in total. The molecule has 2 aromatic carbocycles. The zero-order chi connectivity index (χ0) is 14.8. The number of rotatable bonds is 4. The van der Waals surface area contributed by atoms with Gasteiger partial charge in [0.1, 0.15) is 0 Å². The second kappa shape index (κ2) is 6.15. The topological polar surface area (TPSA) is 18.5 Å². The Balaban J connectivity index is 2.14. The van der Waals surface area contributed by atoms with Gasteiger partial charge in [-0.05, 0) is 0 Å². The molecule has 108 valence electrons. The summed E-state index contributed by atoms with van der Waals surface area (Å²) in [6.07, 6.45) is 2.46. The third kappa shape index (κ3) is 2.58. The summed E-state index contributed by atoms with van der Waals surface area (Å²) >= 11 is 2.73. The van der Waals surface area contributed by atoms with E-state index >= 15 is 0 Å². The molecule has 0 fully saturated rings. The van der Waals surface area contributed by atoms with Gasteiger partial charge in [-0.2, -0.15) is 0 Å². The van der Waals surface area contributed by atoms with E-state index in [1.165, 1.54) is 29.5 Å². The Labute approximate surface area is 135 Å². The molecular weight excluding hydrogens is 323 g/mol. The average Bonchev–Trinajstić information content (AvgIpc) is 2.96. The van der Waals surface area contributed by atoms with Crippen molar-refractivity contribution in [3.63, 3.8) is 0 Å². The Morgan fingerprint density at radius 2 is 1.81 bits per heavy atom. The van der Waals surface area contributed by atoms with E-state index in [9.17, 15) is 0 Å². The van der Waals surface area contributed by atoms with Crippen molar-refractivity contribution in [2.75, 3.05) is 14.2 Å². The van der Waals surface area contributed by atoms with E-state index in [0.29, 0.717) is 5.92 Å². The van der Waals surface area contributed by atoms with Crippen LogP contribution < -0.4 is 9.47 Å². The number of hydrogen-bond donors (Lipinski definition) is 0. The normalized spacial score (nSPS) is 16.6. The standard InChI is InChI=1S/C18H19AsO2/c1-20-16-4-3-5-17(21-2)18(16)13-8-6-12-7-9-14(11-19)15(12)10-13/h3-6,8,10,14H,7,9,11H2,1-2H3. The molecule has 0 bridgehead atoms. The van der Waals surface area contributed by atoms with Gasteiger partial charge in [-0.1, -0.05) is 0 Å². The molecule has 1 aliphatic rings. The Kier molecular flexibility index (Phi) is 4.26. The first-order valence-electron chi connectivity index (χ1n) is 7.23. The van der Waals surface area contributed by atoms with Crippen molar-refractivity contribution in [1.29, 1.82) is 0 Å². The summed E-state index contributed by atoms with van der Waals surface area (Å²) < 4.78 is 11.1. The molecule has 3 rings (SSSR count). The summed E-state index contributed by atoms with van der Waals surface area (Å²) in [5.74, 6) is 2.38. The quantitative estimate of drug-likeness (QED) is 0.783. The van der Waals surface area contributed by atoms with Crippen molar-refractivity contribution in [3.8, 4) is 22.6 Å². The van der Waals surface area contributed by atoms with Crippen LogP contribution in [0.15, 0.2) is 36.4 Å². The van der Waals surface area contributed by atoms with Crippen LogP contribution in [0.5, 0.6) is 11.5 Å². The first-order chi connectivity index (χ1) is 10.3. The second-order valence-electron chi connectivity index (χ2n) is 5.37. The SMILES string of the molecule is COc1cccc(OC)c1-c1ccc2c(c1)C(C[As])CC2. The predicted octanol–water partition coefficient (Wildman–Crippen LogP) is 3.99. The van der Waals surface area contributed by atoms with Crippen LogP contribution in [-0.2, 0) is 6.42 Å². The summed E-state index contributed by atoms with van der Waals surface area (Å²) in [4.78, 5) is 0. The van der Waals surface area contributed by atoms with Crippen LogP contribution in [0.2, 0.25) is 5.21 Å². The number of ether oxygens (including phenoxy) is 2. The summed E-state index contributed by atoms with van der Waals surface area (Å²) in [6, 6.07) is 12.7. The Hall–Kier alpha value is -1.40. The van der Waals surface area contributed by atoms with Gasteiger partial charge in [0.15, 0.2) is 0 Å². The molecule has 0 saturated carbocycles. The number of methoxy groups -OCH3 is 2. The van der Waals surface area contributed by atoms with Crippen LogP contribution >= 0.6 is 0 Å². The van der Waals surface area contributed by atoms with Gasteiger partial charge in [0.05, 0.1) is 0 Å². The summed E-state index contributed by atoms with van der Waals surface area (Å²) in [6.45, 7) is 0. The van der Waals surface area contributed by atoms with Crippen LogP contribution in [-0.4, -0.2) is 31.1 Å². The van der Waals surface area contributed by atoms with Gasteiger partial charge in [-0.3, -0.25) is 0 Å². The molecule has 21 heavy (non-hydrogen) atoms. The molecule has 1 aliphatic carbocycles. The Morgan fingerprint density at radius 3 is 2.43 bits per heavy atom. The third-order valence-corrected chi connectivity index (χ3v) is 5.21. The van der Waals surface area contributed by atoms with Crippen molar-refractivity contribution in [1.82, 2.24) is 0 Å². The number of fused-ring (bicyclic) bond motifs is 1. The molecule has 0 amide bonds. The molecule has 1 atom stereocenters. The predicted molar refractivity (Wildman–Crippen MR) is 86.6 cm³/mol. The second-order valence-corrected chi connectivity index (χ2v) is 6.14. The molecule has 0 saturated heterocycles. The van der Waals surface area contributed by atoms with Gasteiger partial charge in [-0.25, -0.2) is 0 Å². The zero-order valence-corrected chi connectivity index (χ0v) is 14.3. The summed E-state index contributed by atoms with van der Waals surface area (Å²) in [5.41, 5.74) is 5.20. The van der Waals surface area contributed by atoms with Crippen molar-refractivity contribution in [2.45, 2.75) is 24.0 Å². The van der Waals surface area contributed by atoms with E-state index in [1.54, 1.807) is 14.2 Å². The van der Waals surface area contributed by atoms with Crippen molar-refractivity contribution in [3.05, 3.63) is 47.5 Å². The average molecular weight is 342 g/mol. The van der Waals surface area contributed by atoms with Gasteiger partial charge >= 0.3 is 135 Å². The molecule has 0 aromatic heterocycles. The minimum atomic E-state index is 0.667. The maximum atomic E-state index is 5.53. The van der Waals surface area contributed by atoms with Gasteiger partial charge in [-0.15, -0.1) is 0 Å². The van der Waals surface area contributed by atoms with Gasteiger partial charge < -0.3 is 0 Å². The summed E-state index contributed by atoms with van der Waals surface area (Å²) in [5, 5.41) is 1.15. The van der Waals surface area contributed by atoms with Crippen molar-refractivity contribution >= 4 is 16.9 Å². The Morgan fingerprint density at radius 1 is 1.10 bits per heavy atom. The van der Waals surface area contributed by atoms with E-state index in [4.69, 9.17) is 9.47 Å². The first-order valence-corrected chi connectivity index (χ1v) is 8.56. The number of hydrogen-bond acceptors (Lipinski definition) is 2. The molecule has 1 unspecified atom stereocenters. The fourth-order valence-electron chi connectivity index (χ4n) is 3.17. The zero-order valence-electron chi connectivity index (χ0n) is 12.4. The Bertz CT molecular complexity index is 629. The van der Waals surface area contributed by atoms with E-state index in [0.717, 1.165) is 22.3 Å². The molecule has 0 spiro atoms. The first kappa shape index (κ1) is 14.5. The van der Waals surface area contributed by atoms with Crippen molar-refractivity contribution in [2.24, 2.45) is 0 Å². The molecular formula is C18H19AsO2. The van der Waals surface area contributed by atoms with Crippen LogP contribution in [0.1, 0.15) is 23.5 Å². The molecule has 0 aliphatic heterocycles.